The molecule has 2 aromatic carbocycles. The van der Waals surface area contributed by atoms with Crippen LogP contribution in [0.2, 0.25) is 0 Å². The van der Waals surface area contributed by atoms with Gasteiger partial charge in [-0.05, 0) is 30.0 Å². The third-order valence-electron chi connectivity index (χ3n) is 2.92. The molecule has 110 valence electrons. The van der Waals surface area contributed by atoms with Crippen LogP contribution in [0.3, 0.4) is 0 Å². The summed E-state index contributed by atoms with van der Waals surface area (Å²) in [5, 5.41) is 1.98. The zero-order valence-electron chi connectivity index (χ0n) is 12.2. The van der Waals surface area contributed by atoms with Crippen LogP contribution < -0.4 is 4.74 Å². The van der Waals surface area contributed by atoms with E-state index in [2.05, 4.69) is 0 Å². The lowest BCUT2D eigenvalue weighted by Gasteiger charge is -2.10. The molecule has 0 bridgehead atoms. The summed E-state index contributed by atoms with van der Waals surface area (Å²) in [7, 11) is 1.58. The number of hydrogen-bond donors (Lipinski definition) is 0. The van der Waals surface area contributed by atoms with E-state index in [1.807, 2.05) is 36.4 Å². The number of ether oxygens (including phenoxy) is 3. The lowest BCUT2D eigenvalue weighted by atomic mass is 10.0. The van der Waals surface area contributed by atoms with Crippen LogP contribution in [-0.4, -0.2) is 26.5 Å². The number of rotatable bonds is 6. The van der Waals surface area contributed by atoms with Crippen molar-refractivity contribution in [3.05, 3.63) is 48.0 Å². The lowest BCUT2D eigenvalue weighted by molar-refractivity contribution is -0.137. The van der Waals surface area contributed by atoms with E-state index in [4.69, 9.17) is 14.2 Å². The number of carbonyl (C=O) groups is 1. The minimum atomic E-state index is -0.357. The Balaban J connectivity index is 2.40. The molecule has 4 heteroatoms. The number of hydrogen-bond acceptors (Lipinski definition) is 4. The van der Waals surface area contributed by atoms with Gasteiger partial charge in [0.1, 0.15) is 5.75 Å². The fourth-order valence-electron chi connectivity index (χ4n) is 2.06. The molecule has 0 heterocycles. The Bertz CT molecular complexity index is 641. The van der Waals surface area contributed by atoms with Crippen molar-refractivity contribution in [2.75, 3.05) is 20.5 Å². The third kappa shape index (κ3) is 3.83. The highest BCUT2D eigenvalue weighted by atomic mass is 16.7. The Labute approximate surface area is 123 Å². The number of benzene rings is 2. The summed E-state index contributed by atoms with van der Waals surface area (Å²) in [6.07, 6.45) is 3.16. The van der Waals surface area contributed by atoms with Crippen LogP contribution in [-0.2, 0) is 14.3 Å². The van der Waals surface area contributed by atoms with Gasteiger partial charge in [-0.1, -0.05) is 30.3 Å². The van der Waals surface area contributed by atoms with Gasteiger partial charge in [0.2, 0.25) is 0 Å². The standard InChI is InChI=1S/C17H18O4/c1-3-20-16(18)11-10-14-7-4-6-13-8-5-9-15(17(13)14)21-12-19-2/h4-11H,3,12H2,1-2H3/b11-10+. The molecule has 0 radical (unpaired) electrons. The average molecular weight is 286 g/mol. The van der Waals surface area contributed by atoms with Crippen LogP contribution >= 0.6 is 0 Å². The molecule has 0 unspecified atom stereocenters. The molecule has 0 aliphatic heterocycles. The molecular formula is C17H18O4. The molecular weight excluding hydrogens is 268 g/mol. The van der Waals surface area contributed by atoms with Crippen molar-refractivity contribution < 1.29 is 19.0 Å². The Kier molecular flexibility index (Phi) is 5.35. The van der Waals surface area contributed by atoms with Gasteiger partial charge in [0.15, 0.2) is 6.79 Å². The normalized spacial score (nSPS) is 11.0. The number of methoxy groups -OCH3 is 1. The van der Waals surface area contributed by atoms with Gasteiger partial charge in [0.05, 0.1) is 6.61 Å². The Hall–Kier alpha value is -2.33. The number of esters is 1. The predicted molar refractivity (Wildman–Crippen MR) is 82.1 cm³/mol. The molecule has 0 fully saturated rings. The van der Waals surface area contributed by atoms with Crippen molar-refractivity contribution in [2.45, 2.75) is 6.92 Å². The SMILES string of the molecule is CCOC(=O)/C=C/c1cccc2cccc(OCOC)c12. The second-order valence-corrected chi connectivity index (χ2v) is 4.34. The average Bonchev–Trinajstić information content (AvgIpc) is 2.51. The molecule has 4 nitrogen and oxygen atoms in total. The summed E-state index contributed by atoms with van der Waals surface area (Å²) in [6, 6.07) is 11.7. The molecule has 21 heavy (non-hydrogen) atoms. The monoisotopic (exact) mass is 286 g/mol. The van der Waals surface area contributed by atoms with Gasteiger partial charge in [-0.25, -0.2) is 4.79 Å². The fraction of sp³-hybridized carbons (Fsp3) is 0.235. The van der Waals surface area contributed by atoms with Gasteiger partial charge in [-0.15, -0.1) is 0 Å². The highest BCUT2D eigenvalue weighted by molar-refractivity contribution is 5.98. The van der Waals surface area contributed by atoms with Crippen molar-refractivity contribution in [1.29, 1.82) is 0 Å². The van der Waals surface area contributed by atoms with E-state index in [9.17, 15) is 4.79 Å². The molecule has 2 aromatic rings. The highest BCUT2D eigenvalue weighted by Gasteiger charge is 2.06. The third-order valence-corrected chi connectivity index (χ3v) is 2.92. The molecule has 0 N–H and O–H groups in total. The molecule has 0 saturated heterocycles. The molecule has 0 amide bonds. The highest BCUT2D eigenvalue weighted by Crippen LogP contribution is 2.29. The maximum atomic E-state index is 11.4. The van der Waals surface area contributed by atoms with Crippen molar-refractivity contribution in [3.8, 4) is 5.75 Å². The maximum absolute atomic E-state index is 11.4. The molecule has 0 aromatic heterocycles. The zero-order chi connectivity index (χ0) is 15.1. The quantitative estimate of drug-likeness (QED) is 0.464. The second-order valence-electron chi connectivity index (χ2n) is 4.34. The maximum Gasteiger partial charge on any atom is 0.330 e. The first kappa shape index (κ1) is 15.1. The zero-order valence-corrected chi connectivity index (χ0v) is 12.2. The molecule has 0 aliphatic carbocycles. The van der Waals surface area contributed by atoms with Crippen LogP contribution in [0.5, 0.6) is 5.75 Å². The Morgan fingerprint density at radius 3 is 2.67 bits per heavy atom. The van der Waals surface area contributed by atoms with E-state index in [-0.39, 0.29) is 12.8 Å². The summed E-state index contributed by atoms with van der Waals surface area (Å²) < 4.78 is 15.4. The van der Waals surface area contributed by atoms with E-state index in [1.165, 1.54) is 6.08 Å². The van der Waals surface area contributed by atoms with Crippen LogP contribution in [0.1, 0.15) is 12.5 Å². The van der Waals surface area contributed by atoms with E-state index in [0.29, 0.717) is 6.61 Å². The van der Waals surface area contributed by atoms with Crippen molar-refractivity contribution in [2.24, 2.45) is 0 Å². The topological polar surface area (TPSA) is 44.8 Å². The summed E-state index contributed by atoms with van der Waals surface area (Å²) >= 11 is 0. The predicted octanol–water partition coefficient (Wildman–Crippen LogP) is 3.40. The van der Waals surface area contributed by atoms with Gasteiger partial charge in [0.25, 0.3) is 0 Å². The minimum Gasteiger partial charge on any atom is -0.467 e. The molecule has 0 atom stereocenters. The summed E-state index contributed by atoms with van der Waals surface area (Å²) in [6.45, 7) is 2.32. The van der Waals surface area contributed by atoms with Crippen LogP contribution in [0.25, 0.3) is 16.8 Å². The Morgan fingerprint density at radius 1 is 1.19 bits per heavy atom. The summed E-state index contributed by atoms with van der Waals surface area (Å²) in [5.74, 6) is 0.364. The number of carbonyl (C=O) groups excluding carboxylic acids is 1. The van der Waals surface area contributed by atoms with Crippen molar-refractivity contribution in [1.82, 2.24) is 0 Å². The molecule has 0 saturated carbocycles. The summed E-state index contributed by atoms with van der Waals surface area (Å²) in [5.41, 5.74) is 0.896. The fourth-order valence-corrected chi connectivity index (χ4v) is 2.06. The summed E-state index contributed by atoms with van der Waals surface area (Å²) in [4.78, 5) is 11.4. The van der Waals surface area contributed by atoms with Crippen LogP contribution in [0.4, 0.5) is 0 Å². The smallest absolute Gasteiger partial charge is 0.330 e. The first-order valence-electron chi connectivity index (χ1n) is 6.74. The Morgan fingerprint density at radius 2 is 1.95 bits per heavy atom. The van der Waals surface area contributed by atoms with Crippen LogP contribution in [0.15, 0.2) is 42.5 Å². The first-order chi connectivity index (χ1) is 10.3. The lowest BCUT2D eigenvalue weighted by Crippen LogP contribution is -2.00. The van der Waals surface area contributed by atoms with Gasteiger partial charge in [-0.3, -0.25) is 0 Å². The second kappa shape index (κ2) is 7.45. The van der Waals surface area contributed by atoms with E-state index < -0.39 is 0 Å². The van der Waals surface area contributed by atoms with Crippen molar-refractivity contribution in [3.63, 3.8) is 0 Å². The van der Waals surface area contributed by atoms with E-state index >= 15 is 0 Å². The molecule has 0 spiro atoms. The minimum absolute atomic E-state index is 0.176. The van der Waals surface area contributed by atoms with Gasteiger partial charge >= 0.3 is 5.97 Å². The van der Waals surface area contributed by atoms with E-state index in [0.717, 1.165) is 22.1 Å². The largest absolute Gasteiger partial charge is 0.467 e. The molecule has 0 aliphatic rings. The van der Waals surface area contributed by atoms with Crippen molar-refractivity contribution >= 4 is 22.8 Å². The van der Waals surface area contributed by atoms with Gasteiger partial charge in [-0.2, -0.15) is 0 Å². The number of fused-ring (bicyclic) bond motifs is 1. The van der Waals surface area contributed by atoms with Crippen LogP contribution in [0, 0.1) is 0 Å². The first-order valence-corrected chi connectivity index (χ1v) is 6.74. The van der Waals surface area contributed by atoms with E-state index in [1.54, 1.807) is 20.1 Å². The van der Waals surface area contributed by atoms with Gasteiger partial charge in [0, 0.05) is 18.6 Å². The van der Waals surface area contributed by atoms with Gasteiger partial charge < -0.3 is 14.2 Å². The molecule has 2 rings (SSSR count).